The molecule has 1 saturated heterocycles. The summed E-state index contributed by atoms with van der Waals surface area (Å²) in [6, 6.07) is -1.59. The number of aliphatic carboxylic acids is 1. The number of amides is 2. The van der Waals surface area contributed by atoms with Crippen LogP contribution >= 0.6 is 0 Å². The van der Waals surface area contributed by atoms with E-state index in [-0.39, 0.29) is 6.03 Å². The minimum absolute atomic E-state index is 0.378. The van der Waals surface area contributed by atoms with Crippen LogP contribution in [0.1, 0.15) is 44.9 Å². The number of nitrogens with one attached hydrogen (secondary N) is 1. The van der Waals surface area contributed by atoms with Crippen LogP contribution in [0, 0.1) is 5.41 Å². The summed E-state index contributed by atoms with van der Waals surface area (Å²) in [5.41, 5.74) is 0.415. The van der Waals surface area contributed by atoms with Gasteiger partial charge in [-0.05, 0) is 31.1 Å². The summed E-state index contributed by atoms with van der Waals surface area (Å²) in [5.74, 6) is -1.21. The Labute approximate surface area is 119 Å². The van der Waals surface area contributed by atoms with Gasteiger partial charge in [-0.25, -0.2) is 9.59 Å². The quantitative estimate of drug-likeness (QED) is 0.726. The second-order valence-corrected chi connectivity index (χ2v) is 6.07. The fourth-order valence-electron chi connectivity index (χ4n) is 3.41. The van der Waals surface area contributed by atoms with Crippen LogP contribution in [0.4, 0.5) is 4.79 Å². The van der Waals surface area contributed by atoms with Crippen molar-refractivity contribution < 1.29 is 19.8 Å². The maximum atomic E-state index is 12.0. The SMILES string of the molecule is O=C(O)[C@@H](CO)NC(=O)N1CCC2(CCCCC2)CC1. The number of piperidine rings is 1. The number of urea groups is 1. The number of carbonyl (C=O) groups excluding carboxylic acids is 1. The van der Waals surface area contributed by atoms with E-state index in [1.807, 2.05) is 0 Å². The lowest BCUT2D eigenvalue weighted by atomic mass is 9.68. The van der Waals surface area contributed by atoms with Crippen molar-refractivity contribution in [1.29, 1.82) is 0 Å². The molecule has 2 aliphatic rings. The van der Waals surface area contributed by atoms with Crippen LogP contribution in [-0.2, 0) is 4.79 Å². The Morgan fingerprint density at radius 1 is 1.10 bits per heavy atom. The first kappa shape index (κ1) is 15.1. The van der Waals surface area contributed by atoms with Crippen molar-refractivity contribution in [3.8, 4) is 0 Å². The molecule has 0 bridgehead atoms. The van der Waals surface area contributed by atoms with Crippen molar-refractivity contribution in [2.45, 2.75) is 51.0 Å². The average molecular weight is 284 g/mol. The second-order valence-electron chi connectivity index (χ2n) is 6.07. The highest BCUT2D eigenvalue weighted by Gasteiger charge is 2.37. The molecule has 1 atom stereocenters. The van der Waals surface area contributed by atoms with E-state index < -0.39 is 18.6 Å². The first-order valence-corrected chi connectivity index (χ1v) is 7.45. The zero-order valence-electron chi connectivity index (χ0n) is 11.8. The standard InChI is InChI=1S/C14H24N2O4/c17-10-11(12(18)19)15-13(20)16-8-6-14(7-9-16)4-2-1-3-5-14/h11,17H,1-10H2,(H,15,20)(H,18,19)/t11-/m1/s1. The number of hydrogen-bond acceptors (Lipinski definition) is 3. The zero-order chi connectivity index (χ0) is 14.6. The lowest BCUT2D eigenvalue weighted by molar-refractivity contribution is -0.140. The van der Waals surface area contributed by atoms with E-state index >= 15 is 0 Å². The molecule has 0 aromatic carbocycles. The monoisotopic (exact) mass is 284 g/mol. The van der Waals surface area contributed by atoms with Crippen LogP contribution in [0.3, 0.4) is 0 Å². The lowest BCUT2D eigenvalue weighted by Crippen LogP contribution is -2.52. The Balaban J connectivity index is 1.83. The van der Waals surface area contributed by atoms with Gasteiger partial charge >= 0.3 is 12.0 Å². The number of aliphatic hydroxyl groups is 1. The number of hydrogen-bond donors (Lipinski definition) is 3. The molecule has 0 radical (unpaired) electrons. The summed E-state index contributed by atoms with van der Waals surface area (Å²) < 4.78 is 0. The van der Waals surface area contributed by atoms with Crippen LogP contribution in [0.15, 0.2) is 0 Å². The fourth-order valence-corrected chi connectivity index (χ4v) is 3.41. The van der Waals surface area contributed by atoms with Gasteiger partial charge in [-0.1, -0.05) is 19.3 Å². The van der Waals surface area contributed by atoms with Gasteiger partial charge in [0, 0.05) is 13.1 Å². The van der Waals surface area contributed by atoms with Gasteiger partial charge in [0.25, 0.3) is 0 Å². The Kier molecular flexibility index (Phi) is 4.86. The Bertz CT molecular complexity index is 356. The maximum absolute atomic E-state index is 12.0. The van der Waals surface area contributed by atoms with Gasteiger partial charge in [-0.2, -0.15) is 0 Å². The zero-order valence-corrected chi connectivity index (χ0v) is 11.8. The molecular formula is C14H24N2O4. The third kappa shape index (κ3) is 3.42. The van der Waals surface area contributed by atoms with E-state index in [0.29, 0.717) is 18.5 Å². The number of nitrogens with zero attached hydrogens (tertiary/aromatic N) is 1. The average Bonchev–Trinajstić information content (AvgIpc) is 2.46. The molecule has 20 heavy (non-hydrogen) atoms. The molecule has 1 heterocycles. The summed E-state index contributed by atoms with van der Waals surface area (Å²) in [7, 11) is 0. The Morgan fingerprint density at radius 3 is 2.20 bits per heavy atom. The molecule has 6 nitrogen and oxygen atoms in total. The van der Waals surface area contributed by atoms with Crippen molar-refractivity contribution in [2.75, 3.05) is 19.7 Å². The van der Waals surface area contributed by atoms with Crippen LogP contribution in [-0.4, -0.2) is 52.9 Å². The topological polar surface area (TPSA) is 89.9 Å². The molecule has 0 unspecified atom stereocenters. The third-order valence-corrected chi connectivity index (χ3v) is 4.80. The number of carboxylic acid groups (broad SMARTS) is 1. The number of likely N-dealkylation sites (tertiary alicyclic amines) is 1. The molecule has 3 N–H and O–H groups in total. The van der Waals surface area contributed by atoms with Crippen LogP contribution in [0.25, 0.3) is 0 Å². The third-order valence-electron chi connectivity index (χ3n) is 4.80. The number of aliphatic hydroxyl groups excluding tert-OH is 1. The minimum Gasteiger partial charge on any atom is -0.480 e. The van der Waals surface area contributed by atoms with Crippen LogP contribution in [0.5, 0.6) is 0 Å². The number of carboxylic acids is 1. The highest BCUT2D eigenvalue weighted by Crippen LogP contribution is 2.44. The summed E-state index contributed by atoms with van der Waals surface area (Å²) in [6.45, 7) is 0.784. The Morgan fingerprint density at radius 2 is 1.70 bits per heavy atom. The fraction of sp³-hybridized carbons (Fsp3) is 0.857. The van der Waals surface area contributed by atoms with Crippen molar-refractivity contribution in [3.63, 3.8) is 0 Å². The number of rotatable bonds is 3. The number of carbonyl (C=O) groups is 2. The maximum Gasteiger partial charge on any atom is 0.328 e. The first-order valence-electron chi connectivity index (χ1n) is 7.45. The van der Waals surface area contributed by atoms with Crippen molar-refractivity contribution >= 4 is 12.0 Å². The largest absolute Gasteiger partial charge is 0.480 e. The van der Waals surface area contributed by atoms with Gasteiger partial charge in [0.15, 0.2) is 6.04 Å². The normalized spacial score (nSPS) is 23.4. The molecule has 1 spiro atoms. The minimum atomic E-state index is -1.21. The van der Waals surface area contributed by atoms with E-state index in [0.717, 1.165) is 12.8 Å². The molecule has 2 fully saturated rings. The van der Waals surface area contributed by atoms with Crippen LogP contribution < -0.4 is 5.32 Å². The van der Waals surface area contributed by atoms with Crippen molar-refractivity contribution in [1.82, 2.24) is 10.2 Å². The van der Waals surface area contributed by atoms with E-state index in [1.54, 1.807) is 4.90 Å². The molecule has 1 aliphatic carbocycles. The van der Waals surface area contributed by atoms with Gasteiger partial charge < -0.3 is 20.4 Å². The van der Waals surface area contributed by atoms with Crippen molar-refractivity contribution in [3.05, 3.63) is 0 Å². The molecule has 2 rings (SSSR count). The van der Waals surface area contributed by atoms with E-state index in [4.69, 9.17) is 10.2 Å². The summed E-state index contributed by atoms with van der Waals surface area (Å²) in [4.78, 5) is 24.5. The van der Waals surface area contributed by atoms with Gasteiger partial charge in [0.05, 0.1) is 6.61 Å². The van der Waals surface area contributed by atoms with Crippen molar-refractivity contribution in [2.24, 2.45) is 5.41 Å². The molecule has 6 heteroatoms. The van der Waals surface area contributed by atoms with E-state index in [1.165, 1.54) is 32.1 Å². The van der Waals surface area contributed by atoms with Crippen LogP contribution in [0.2, 0.25) is 0 Å². The van der Waals surface area contributed by atoms with Gasteiger partial charge in [0.1, 0.15) is 0 Å². The Hall–Kier alpha value is -1.30. The molecule has 0 aromatic heterocycles. The highest BCUT2D eigenvalue weighted by molar-refractivity contribution is 5.82. The predicted molar refractivity (Wildman–Crippen MR) is 73.4 cm³/mol. The summed E-state index contributed by atoms with van der Waals surface area (Å²) >= 11 is 0. The van der Waals surface area contributed by atoms with E-state index in [2.05, 4.69) is 5.32 Å². The van der Waals surface area contributed by atoms with E-state index in [9.17, 15) is 9.59 Å². The highest BCUT2D eigenvalue weighted by atomic mass is 16.4. The second kappa shape index (κ2) is 6.43. The molecule has 1 saturated carbocycles. The lowest BCUT2D eigenvalue weighted by Gasteiger charge is -2.44. The predicted octanol–water partition coefficient (Wildman–Crippen LogP) is 1.19. The smallest absolute Gasteiger partial charge is 0.328 e. The van der Waals surface area contributed by atoms with Gasteiger partial charge in [-0.3, -0.25) is 0 Å². The summed E-state index contributed by atoms with van der Waals surface area (Å²) in [6.07, 6.45) is 8.45. The molecule has 114 valence electrons. The molecule has 2 amide bonds. The van der Waals surface area contributed by atoms with Gasteiger partial charge in [-0.15, -0.1) is 0 Å². The summed E-state index contributed by atoms with van der Waals surface area (Å²) in [5, 5.41) is 20.1. The molecular weight excluding hydrogens is 260 g/mol. The molecule has 0 aromatic rings. The van der Waals surface area contributed by atoms with Gasteiger partial charge in [0.2, 0.25) is 0 Å². The molecule has 1 aliphatic heterocycles. The first-order chi connectivity index (χ1) is 9.56.